The summed E-state index contributed by atoms with van der Waals surface area (Å²) < 4.78 is 1.51. The van der Waals surface area contributed by atoms with E-state index < -0.39 is 17.4 Å². The molecule has 3 aromatic carbocycles. The zero-order valence-electron chi connectivity index (χ0n) is 19.8. The largest absolute Gasteiger partial charge is 0.355 e. The predicted octanol–water partition coefficient (Wildman–Crippen LogP) is 4.61. The van der Waals surface area contributed by atoms with Crippen LogP contribution in [0.15, 0.2) is 83.7 Å². The third-order valence-corrected chi connectivity index (χ3v) is 6.79. The normalized spacial score (nSPS) is 15.0. The maximum Gasteiger partial charge on any atom is 0.285 e. The Kier molecular flexibility index (Phi) is 5.25. The predicted molar refractivity (Wildman–Crippen MR) is 139 cm³/mol. The van der Waals surface area contributed by atoms with Crippen LogP contribution in [0.1, 0.15) is 39.1 Å². The molecule has 0 unspecified atom stereocenters. The van der Waals surface area contributed by atoms with Crippen molar-refractivity contribution in [2.75, 3.05) is 22.9 Å². The topological polar surface area (TPSA) is 75.5 Å². The lowest BCUT2D eigenvalue weighted by atomic mass is 10.1. The van der Waals surface area contributed by atoms with Gasteiger partial charge in [0.2, 0.25) is 0 Å². The number of imide groups is 1. The van der Waals surface area contributed by atoms with Crippen LogP contribution in [-0.4, -0.2) is 34.5 Å². The lowest BCUT2D eigenvalue weighted by Gasteiger charge is -2.26. The minimum atomic E-state index is -0.502. The SMILES string of the molecule is Cc1ccc(-n2c(-c3ccccc3)nc(N3CCCC3)c(N3C(=O)c4ccccc4C3=O)c2=O)cc1. The Hall–Kier alpha value is -4.52. The van der Waals surface area contributed by atoms with E-state index in [1.807, 2.05) is 66.4 Å². The third kappa shape index (κ3) is 3.43. The first-order valence-electron chi connectivity index (χ1n) is 12.1. The number of anilines is 2. The molecule has 0 saturated carbocycles. The molecule has 1 fully saturated rings. The summed E-state index contributed by atoms with van der Waals surface area (Å²) in [5, 5.41) is 0. The zero-order chi connectivity index (χ0) is 24.8. The number of amides is 2. The second-order valence-corrected chi connectivity index (χ2v) is 9.14. The first-order chi connectivity index (χ1) is 17.5. The Labute approximate surface area is 208 Å². The van der Waals surface area contributed by atoms with Crippen molar-refractivity contribution >= 4 is 23.3 Å². The van der Waals surface area contributed by atoms with Crippen molar-refractivity contribution in [3.8, 4) is 17.1 Å². The van der Waals surface area contributed by atoms with E-state index in [2.05, 4.69) is 0 Å². The summed E-state index contributed by atoms with van der Waals surface area (Å²) in [6, 6.07) is 23.7. The average molecular weight is 477 g/mol. The first-order valence-corrected chi connectivity index (χ1v) is 12.1. The molecule has 0 spiro atoms. The number of aromatic nitrogens is 2. The molecule has 3 heterocycles. The summed E-state index contributed by atoms with van der Waals surface area (Å²) in [4.78, 5) is 49.4. The molecule has 36 heavy (non-hydrogen) atoms. The Balaban J connectivity index is 1.67. The average Bonchev–Trinajstić information content (AvgIpc) is 3.53. The third-order valence-electron chi connectivity index (χ3n) is 6.79. The Bertz CT molecular complexity index is 1520. The van der Waals surface area contributed by atoms with Crippen molar-refractivity contribution in [2.24, 2.45) is 0 Å². The molecule has 178 valence electrons. The molecule has 2 amide bonds. The van der Waals surface area contributed by atoms with Crippen molar-refractivity contribution < 1.29 is 9.59 Å². The van der Waals surface area contributed by atoms with Gasteiger partial charge in [0.1, 0.15) is 5.82 Å². The Morgan fingerprint density at radius 3 is 1.92 bits per heavy atom. The van der Waals surface area contributed by atoms with Crippen LogP contribution >= 0.6 is 0 Å². The van der Waals surface area contributed by atoms with Crippen molar-refractivity contribution in [1.82, 2.24) is 9.55 Å². The molecule has 0 bridgehead atoms. The molecule has 0 radical (unpaired) electrons. The maximum atomic E-state index is 14.4. The Morgan fingerprint density at radius 2 is 1.31 bits per heavy atom. The van der Waals surface area contributed by atoms with Crippen LogP contribution in [0.5, 0.6) is 0 Å². The fourth-order valence-corrected chi connectivity index (χ4v) is 4.95. The standard InChI is InChI=1S/C29H24N4O3/c1-19-13-15-21(16-14-19)32-25(20-9-3-2-4-10-20)30-26(31-17-7-8-18-31)24(29(32)36)33-27(34)22-11-5-6-12-23(22)28(33)35/h2-6,9-16H,7-8,17-18H2,1H3. The monoisotopic (exact) mass is 476 g/mol. The van der Waals surface area contributed by atoms with Gasteiger partial charge in [-0.1, -0.05) is 60.2 Å². The fourth-order valence-electron chi connectivity index (χ4n) is 4.95. The summed E-state index contributed by atoms with van der Waals surface area (Å²) in [5.41, 5.74) is 2.57. The molecule has 7 heteroatoms. The molecular weight excluding hydrogens is 452 g/mol. The van der Waals surface area contributed by atoms with Crippen molar-refractivity contribution in [2.45, 2.75) is 19.8 Å². The van der Waals surface area contributed by atoms with Crippen molar-refractivity contribution in [1.29, 1.82) is 0 Å². The molecule has 0 N–H and O–H groups in total. The van der Waals surface area contributed by atoms with Gasteiger partial charge in [-0.05, 0) is 44.0 Å². The molecule has 2 aliphatic heterocycles. The van der Waals surface area contributed by atoms with Crippen molar-refractivity contribution in [3.63, 3.8) is 0 Å². The first kappa shape index (κ1) is 22.0. The number of benzene rings is 3. The summed E-state index contributed by atoms with van der Waals surface area (Å²) in [6.07, 6.45) is 1.90. The van der Waals surface area contributed by atoms with Gasteiger partial charge in [-0.2, -0.15) is 0 Å². The van der Waals surface area contributed by atoms with Gasteiger partial charge in [0.05, 0.1) is 16.8 Å². The molecule has 0 atom stereocenters. The quantitative estimate of drug-likeness (QED) is 0.402. The molecule has 2 aliphatic rings. The molecule has 0 aliphatic carbocycles. The summed E-state index contributed by atoms with van der Waals surface area (Å²) in [6.45, 7) is 3.38. The van der Waals surface area contributed by atoms with Gasteiger partial charge in [0.15, 0.2) is 11.5 Å². The summed E-state index contributed by atoms with van der Waals surface area (Å²) >= 11 is 0. The zero-order valence-corrected chi connectivity index (χ0v) is 19.8. The number of carbonyl (C=O) groups is 2. The van der Waals surface area contributed by atoms with Gasteiger partial charge in [-0.3, -0.25) is 19.0 Å². The fraction of sp³-hybridized carbons (Fsp3) is 0.172. The lowest BCUT2D eigenvalue weighted by molar-refractivity contribution is 0.0925. The number of rotatable bonds is 4. The summed E-state index contributed by atoms with van der Waals surface area (Å²) in [7, 11) is 0. The smallest absolute Gasteiger partial charge is 0.285 e. The van der Waals surface area contributed by atoms with E-state index in [1.54, 1.807) is 24.3 Å². The van der Waals surface area contributed by atoms with Crippen molar-refractivity contribution in [3.05, 3.63) is 106 Å². The lowest BCUT2D eigenvalue weighted by Crippen LogP contribution is -2.39. The van der Waals surface area contributed by atoms with Gasteiger partial charge in [0.25, 0.3) is 17.4 Å². The molecule has 7 nitrogen and oxygen atoms in total. The highest BCUT2D eigenvalue weighted by Crippen LogP contribution is 2.35. The van der Waals surface area contributed by atoms with E-state index in [1.165, 1.54) is 4.57 Å². The minimum Gasteiger partial charge on any atom is -0.355 e. The molecule has 6 rings (SSSR count). The van der Waals surface area contributed by atoms with Crippen LogP contribution in [0.25, 0.3) is 17.1 Å². The van der Waals surface area contributed by atoms with Gasteiger partial charge in [-0.15, -0.1) is 0 Å². The van der Waals surface area contributed by atoms with E-state index in [4.69, 9.17) is 4.98 Å². The molecule has 1 saturated heterocycles. The van der Waals surface area contributed by atoms with Gasteiger partial charge < -0.3 is 4.90 Å². The van der Waals surface area contributed by atoms with Gasteiger partial charge in [0, 0.05) is 18.7 Å². The maximum absolute atomic E-state index is 14.4. The number of nitrogens with zero attached hydrogens (tertiary/aromatic N) is 4. The van der Waals surface area contributed by atoms with E-state index >= 15 is 0 Å². The van der Waals surface area contributed by atoms with Gasteiger partial charge in [-0.25, -0.2) is 9.88 Å². The van der Waals surface area contributed by atoms with E-state index in [0.717, 1.165) is 28.9 Å². The van der Waals surface area contributed by atoms with Crippen LogP contribution < -0.4 is 15.4 Å². The number of fused-ring (bicyclic) bond motifs is 1. The number of carbonyl (C=O) groups excluding carboxylic acids is 2. The van der Waals surface area contributed by atoms with Crippen LogP contribution in [0.4, 0.5) is 11.5 Å². The number of hydrogen-bond acceptors (Lipinski definition) is 5. The Morgan fingerprint density at radius 1 is 0.722 bits per heavy atom. The second kappa shape index (κ2) is 8.61. The summed E-state index contributed by atoms with van der Waals surface area (Å²) in [5.74, 6) is -0.170. The molecule has 4 aromatic rings. The molecular formula is C29H24N4O3. The molecule has 1 aromatic heterocycles. The number of hydrogen-bond donors (Lipinski definition) is 0. The number of aryl methyl sites for hydroxylation is 1. The van der Waals surface area contributed by atoms with E-state index in [9.17, 15) is 14.4 Å². The highest BCUT2D eigenvalue weighted by atomic mass is 16.2. The highest BCUT2D eigenvalue weighted by molar-refractivity contribution is 6.35. The van der Waals surface area contributed by atoms with Crippen LogP contribution in [0.2, 0.25) is 0 Å². The van der Waals surface area contributed by atoms with E-state index in [0.29, 0.717) is 41.5 Å². The second-order valence-electron chi connectivity index (χ2n) is 9.14. The van der Waals surface area contributed by atoms with Crippen LogP contribution in [0, 0.1) is 6.92 Å². The van der Waals surface area contributed by atoms with Crippen LogP contribution in [-0.2, 0) is 0 Å². The minimum absolute atomic E-state index is 0.00311. The van der Waals surface area contributed by atoms with Gasteiger partial charge >= 0.3 is 0 Å². The highest BCUT2D eigenvalue weighted by Gasteiger charge is 2.41. The van der Waals surface area contributed by atoms with Crippen LogP contribution in [0.3, 0.4) is 0 Å². The van der Waals surface area contributed by atoms with E-state index in [-0.39, 0.29) is 5.69 Å².